The lowest BCUT2D eigenvalue weighted by molar-refractivity contribution is -0.132. The molecule has 31 heavy (non-hydrogen) atoms. The third kappa shape index (κ3) is 6.35. The van der Waals surface area contributed by atoms with E-state index in [1.54, 1.807) is 20.3 Å². The molecule has 0 radical (unpaired) electrons. The number of rotatable bonds is 10. The van der Waals surface area contributed by atoms with Crippen molar-refractivity contribution in [1.82, 2.24) is 10.6 Å². The summed E-state index contributed by atoms with van der Waals surface area (Å²) in [7, 11) is 1.42. The third-order valence-corrected chi connectivity index (χ3v) is 5.55. The monoisotopic (exact) mass is 436 g/mol. The van der Waals surface area contributed by atoms with Gasteiger partial charge in [-0.05, 0) is 43.2 Å². The number of carbonyl (C=O) groups is 2. The van der Waals surface area contributed by atoms with Crippen LogP contribution in [0.4, 0.5) is 0 Å². The number of aliphatic hydroxyl groups is 1. The summed E-state index contributed by atoms with van der Waals surface area (Å²) in [6, 6.07) is 2.54. The highest BCUT2D eigenvalue weighted by atomic mass is 16.5. The zero-order valence-corrected chi connectivity index (χ0v) is 18.6. The van der Waals surface area contributed by atoms with Gasteiger partial charge < -0.3 is 35.3 Å². The maximum Gasteiger partial charge on any atom is 0.475 e. The molecule has 0 saturated heterocycles. The van der Waals surface area contributed by atoms with Gasteiger partial charge in [0.05, 0.1) is 26.8 Å². The van der Waals surface area contributed by atoms with Crippen LogP contribution in [0, 0.1) is 11.8 Å². The highest BCUT2D eigenvalue weighted by molar-refractivity contribution is 6.43. The Bertz CT molecular complexity index is 772. The van der Waals surface area contributed by atoms with Crippen molar-refractivity contribution in [2.24, 2.45) is 11.8 Å². The second-order valence-corrected chi connectivity index (χ2v) is 8.28. The first-order valence-electron chi connectivity index (χ1n) is 10.5. The van der Waals surface area contributed by atoms with E-state index in [9.17, 15) is 24.7 Å². The van der Waals surface area contributed by atoms with Crippen LogP contribution in [0.3, 0.4) is 0 Å². The van der Waals surface area contributed by atoms with Crippen LogP contribution in [0.25, 0.3) is 0 Å². The highest BCUT2D eigenvalue weighted by Gasteiger charge is 2.32. The maximum atomic E-state index is 12.8. The fraction of sp³-hybridized carbons (Fsp3) is 0.619. The van der Waals surface area contributed by atoms with Gasteiger partial charge in [-0.2, -0.15) is 0 Å². The second-order valence-electron chi connectivity index (χ2n) is 8.28. The Kier molecular flexibility index (Phi) is 9.15. The number of benzene rings is 1. The molecule has 0 spiro atoms. The zero-order chi connectivity index (χ0) is 23.1. The van der Waals surface area contributed by atoms with Crippen LogP contribution in [0.2, 0.25) is 0 Å². The number of fused-ring (bicyclic) bond motifs is 1. The van der Waals surface area contributed by atoms with Crippen molar-refractivity contribution >= 4 is 18.9 Å². The summed E-state index contributed by atoms with van der Waals surface area (Å²) in [5, 5.41) is 33.7. The predicted octanol–water partition coefficient (Wildman–Crippen LogP) is -0.171. The maximum absolute atomic E-state index is 12.8. The molecule has 0 heterocycles. The summed E-state index contributed by atoms with van der Waals surface area (Å²) in [5.41, 5.74) is 1.99. The van der Waals surface area contributed by atoms with Crippen molar-refractivity contribution in [2.45, 2.75) is 51.5 Å². The molecule has 1 aromatic rings. The van der Waals surface area contributed by atoms with Crippen molar-refractivity contribution in [3.63, 3.8) is 0 Å². The number of nitrogens with one attached hydrogen (secondary N) is 2. The Hall–Kier alpha value is -2.30. The number of methoxy groups -OCH3 is 2. The van der Waals surface area contributed by atoms with Crippen LogP contribution in [-0.2, 0) is 22.4 Å². The minimum absolute atomic E-state index is 0.118. The van der Waals surface area contributed by atoms with Gasteiger partial charge in [0.25, 0.3) is 0 Å². The molecule has 172 valence electrons. The van der Waals surface area contributed by atoms with E-state index in [1.807, 2.05) is 19.9 Å². The standard InChI is InChI=1S/C21H33BN2O7/c1-12(2)9-18(22(28)29)24-21(27)16(11-25)23-20(26)14-5-7-15-13(10-14)6-8-17(30-3)19(15)31-4/h6,8,12,14,16,18,25,28-29H,5,7,9-11H2,1-4H3,(H,23,26)(H,24,27). The minimum Gasteiger partial charge on any atom is -0.493 e. The Morgan fingerprint density at radius 3 is 2.45 bits per heavy atom. The zero-order valence-electron chi connectivity index (χ0n) is 18.6. The molecule has 2 amide bonds. The molecule has 2 rings (SSSR count). The molecule has 0 aliphatic heterocycles. The van der Waals surface area contributed by atoms with Crippen LogP contribution < -0.4 is 20.1 Å². The fourth-order valence-electron chi connectivity index (χ4n) is 3.94. The summed E-state index contributed by atoms with van der Waals surface area (Å²) in [6.07, 6.45) is 2.01. The lowest BCUT2D eigenvalue weighted by atomic mass is 9.75. The van der Waals surface area contributed by atoms with Gasteiger partial charge in [-0.25, -0.2) is 0 Å². The number of carbonyl (C=O) groups excluding carboxylic acids is 2. The highest BCUT2D eigenvalue weighted by Crippen LogP contribution is 2.38. The molecule has 1 aliphatic rings. The lowest BCUT2D eigenvalue weighted by Gasteiger charge is -2.28. The molecule has 10 heteroatoms. The average molecular weight is 436 g/mol. The molecule has 0 aromatic heterocycles. The van der Waals surface area contributed by atoms with Gasteiger partial charge in [0.1, 0.15) is 6.04 Å². The van der Waals surface area contributed by atoms with Crippen molar-refractivity contribution < 1.29 is 34.2 Å². The quantitative estimate of drug-likeness (QED) is 0.321. The van der Waals surface area contributed by atoms with Gasteiger partial charge >= 0.3 is 7.12 Å². The van der Waals surface area contributed by atoms with Crippen LogP contribution in [0.1, 0.15) is 37.8 Å². The first kappa shape index (κ1) is 25.0. The van der Waals surface area contributed by atoms with Gasteiger partial charge in [0, 0.05) is 11.5 Å². The molecular weight excluding hydrogens is 403 g/mol. The molecule has 1 aliphatic carbocycles. The largest absolute Gasteiger partial charge is 0.493 e. The summed E-state index contributed by atoms with van der Waals surface area (Å²) in [4.78, 5) is 25.3. The fourth-order valence-corrected chi connectivity index (χ4v) is 3.94. The van der Waals surface area contributed by atoms with Crippen LogP contribution in [-0.4, -0.2) is 66.9 Å². The minimum atomic E-state index is -1.73. The Morgan fingerprint density at radius 1 is 1.19 bits per heavy atom. The summed E-state index contributed by atoms with van der Waals surface area (Å²) in [5.74, 6) is -0.804. The van der Waals surface area contributed by atoms with Crippen LogP contribution >= 0.6 is 0 Å². The number of aliphatic hydroxyl groups excluding tert-OH is 1. The third-order valence-electron chi connectivity index (χ3n) is 5.55. The van der Waals surface area contributed by atoms with E-state index in [4.69, 9.17) is 9.47 Å². The topological polar surface area (TPSA) is 137 Å². The Morgan fingerprint density at radius 2 is 1.90 bits per heavy atom. The van der Waals surface area contributed by atoms with Gasteiger partial charge in [-0.1, -0.05) is 19.9 Å². The normalized spacial score (nSPS) is 17.4. The van der Waals surface area contributed by atoms with E-state index in [-0.39, 0.29) is 17.7 Å². The molecular formula is C21H33BN2O7. The smallest absolute Gasteiger partial charge is 0.475 e. The molecule has 3 unspecified atom stereocenters. The average Bonchev–Trinajstić information content (AvgIpc) is 2.74. The van der Waals surface area contributed by atoms with E-state index in [2.05, 4.69) is 10.6 Å². The first-order valence-corrected chi connectivity index (χ1v) is 10.5. The van der Waals surface area contributed by atoms with Crippen LogP contribution in [0.5, 0.6) is 11.5 Å². The number of hydrogen-bond donors (Lipinski definition) is 5. The molecule has 3 atom stereocenters. The van der Waals surface area contributed by atoms with Gasteiger partial charge in [0.2, 0.25) is 11.8 Å². The SMILES string of the molecule is COc1ccc2c(c1OC)CCC(C(=O)NC(CO)C(=O)NC(CC(C)C)B(O)O)C2. The Labute approximate surface area is 183 Å². The summed E-state index contributed by atoms with van der Waals surface area (Å²) < 4.78 is 10.8. The second kappa shape index (κ2) is 11.4. The summed E-state index contributed by atoms with van der Waals surface area (Å²) in [6.45, 7) is 3.18. The molecule has 0 fully saturated rings. The van der Waals surface area contributed by atoms with Gasteiger partial charge in [0.15, 0.2) is 11.5 Å². The molecule has 0 saturated carbocycles. The molecule has 9 nitrogen and oxygen atoms in total. The van der Waals surface area contributed by atoms with Gasteiger partial charge in [-0.15, -0.1) is 0 Å². The summed E-state index contributed by atoms with van der Waals surface area (Å²) >= 11 is 0. The first-order chi connectivity index (χ1) is 14.7. The number of hydrogen-bond acceptors (Lipinski definition) is 7. The van der Waals surface area contributed by atoms with Crippen molar-refractivity contribution in [3.05, 3.63) is 23.3 Å². The van der Waals surface area contributed by atoms with Crippen molar-refractivity contribution in [3.8, 4) is 11.5 Å². The van der Waals surface area contributed by atoms with Crippen molar-refractivity contribution in [1.29, 1.82) is 0 Å². The number of amides is 2. The number of ether oxygens (including phenoxy) is 2. The van der Waals surface area contributed by atoms with Crippen molar-refractivity contribution in [2.75, 3.05) is 20.8 Å². The molecule has 1 aromatic carbocycles. The van der Waals surface area contributed by atoms with Crippen LogP contribution in [0.15, 0.2) is 12.1 Å². The lowest BCUT2D eigenvalue weighted by Crippen LogP contribution is -2.56. The molecule has 5 N–H and O–H groups in total. The van der Waals surface area contributed by atoms with E-state index in [1.165, 1.54) is 0 Å². The van der Waals surface area contributed by atoms with E-state index < -0.39 is 31.6 Å². The van der Waals surface area contributed by atoms with E-state index in [0.29, 0.717) is 37.2 Å². The van der Waals surface area contributed by atoms with E-state index in [0.717, 1.165) is 11.1 Å². The predicted molar refractivity (Wildman–Crippen MR) is 116 cm³/mol. The van der Waals surface area contributed by atoms with E-state index >= 15 is 0 Å². The molecule has 0 bridgehead atoms. The Balaban J connectivity index is 2.04. The van der Waals surface area contributed by atoms with Gasteiger partial charge in [-0.3, -0.25) is 9.59 Å².